The lowest BCUT2D eigenvalue weighted by Gasteiger charge is -2.16. The van der Waals surface area contributed by atoms with Gasteiger partial charge < -0.3 is 10.1 Å². The van der Waals surface area contributed by atoms with Gasteiger partial charge in [-0.2, -0.15) is 13.2 Å². The zero-order valence-corrected chi connectivity index (χ0v) is 14.5. The molecule has 2 nitrogen and oxygen atoms in total. The van der Waals surface area contributed by atoms with Gasteiger partial charge in [0.25, 0.3) is 0 Å². The van der Waals surface area contributed by atoms with Crippen LogP contribution in [0.2, 0.25) is 0 Å². The molecule has 27 heavy (non-hydrogen) atoms. The first-order valence-corrected chi connectivity index (χ1v) is 8.76. The van der Waals surface area contributed by atoms with Gasteiger partial charge in [-0.15, -0.1) is 0 Å². The zero-order valence-electron chi connectivity index (χ0n) is 14.5. The molecule has 1 N–H and O–H groups in total. The summed E-state index contributed by atoms with van der Waals surface area (Å²) in [6.45, 7) is 0.744. The van der Waals surface area contributed by atoms with Crippen LogP contribution in [0.25, 0.3) is 11.1 Å². The van der Waals surface area contributed by atoms with Crippen LogP contribution >= 0.6 is 0 Å². The number of rotatable bonds is 4. The molecule has 0 spiro atoms. The second-order valence-corrected chi connectivity index (χ2v) is 6.52. The van der Waals surface area contributed by atoms with Crippen LogP contribution in [0.4, 0.5) is 18.9 Å². The third-order valence-corrected chi connectivity index (χ3v) is 4.70. The van der Waals surface area contributed by atoms with Crippen molar-refractivity contribution in [2.24, 2.45) is 0 Å². The van der Waals surface area contributed by atoms with Crippen molar-refractivity contribution >= 4 is 5.69 Å². The summed E-state index contributed by atoms with van der Waals surface area (Å²) in [7, 11) is 0. The van der Waals surface area contributed by atoms with Gasteiger partial charge in [-0.1, -0.05) is 42.5 Å². The standard InChI is InChI=1S/C22H18F3NO/c23-22(24,25)20-13-16(15-4-2-1-3-5-15)6-7-18(20)14-27-19-8-9-21-17(12-19)10-11-26-21/h1-9,12-13,26H,10-11,14H2. The Morgan fingerprint density at radius 1 is 0.889 bits per heavy atom. The Hall–Kier alpha value is -2.95. The first-order chi connectivity index (χ1) is 13.0. The quantitative estimate of drug-likeness (QED) is 0.616. The summed E-state index contributed by atoms with van der Waals surface area (Å²) in [4.78, 5) is 0. The number of benzene rings is 3. The molecule has 1 aliphatic heterocycles. The number of halogens is 3. The minimum Gasteiger partial charge on any atom is -0.489 e. The lowest BCUT2D eigenvalue weighted by Crippen LogP contribution is -2.11. The van der Waals surface area contributed by atoms with Crippen LogP contribution in [0.15, 0.2) is 66.7 Å². The minimum atomic E-state index is -4.44. The fourth-order valence-electron chi connectivity index (χ4n) is 3.31. The molecule has 0 fully saturated rings. The highest BCUT2D eigenvalue weighted by molar-refractivity contribution is 5.65. The number of ether oxygens (including phenoxy) is 1. The first kappa shape index (κ1) is 17.5. The van der Waals surface area contributed by atoms with E-state index in [0.717, 1.165) is 29.8 Å². The molecule has 0 aliphatic carbocycles. The van der Waals surface area contributed by atoms with Crippen molar-refractivity contribution in [3.05, 3.63) is 83.4 Å². The van der Waals surface area contributed by atoms with E-state index >= 15 is 0 Å². The molecule has 138 valence electrons. The Kier molecular flexibility index (Phi) is 4.52. The molecule has 0 unspecified atom stereocenters. The molecule has 5 heteroatoms. The van der Waals surface area contributed by atoms with Crippen molar-refractivity contribution in [2.75, 3.05) is 11.9 Å². The average Bonchev–Trinajstić information content (AvgIpc) is 3.14. The number of fused-ring (bicyclic) bond motifs is 1. The molecule has 0 amide bonds. The molecule has 3 aromatic carbocycles. The number of hydrogen-bond acceptors (Lipinski definition) is 2. The lowest BCUT2D eigenvalue weighted by atomic mass is 9.99. The highest BCUT2D eigenvalue weighted by Crippen LogP contribution is 2.36. The van der Waals surface area contributed by atoms with E-state index in [0.29, 0.717) is 11.3 Å². The molecule has 1 heterocycles. The number of hydrogen-bond donors (Lipinski definition) is 1. The van der Waals surface area contributed by atoms with E-state index in [-0.39, 0.29) is 12.2 Å². The largest absolute Gasteiger partial charge is 0.489 e. The summed E-state index contributed by atoms with van der Waals surface area (Å²) in [6, 6.07) is 19.0. The molecule has 0 radical (unpaired) electrons. The first-order valence-electron chi connectivity index (χ1n) is 8.76. The summed E-state index contributed by atoms with van der Waals surface area (Å²) in [5.74, 6) is 0.581. The summed E-state index contributed by atoms with van der Waals surface area (Å²) in [6.07, 6.45) is -3.54. The maximum absolute atomic E-state index is 13.6. The molecular formula is C22H18F3NO. The van der Waals surface area contributed by atoms with Crippen molar-refractivity contribution in [1.82, 2.24) is 0 Å². The van der Waals surface area contributed by atoms with Gasteiger partial charge in [0.05, 0.1) is 5.56 Å². The predicted molar refractivity (Wildman–Crippen MR) is 99.8 cm³/mol. The van der Waals surface area contributed by atoms with Gasteiger partial charge in [-0.3, -0.25) is 0 Å². The number of alkyl halides is 3. The predicted octanol–water partition coefficient (Wildman–Crippen LogP) is 5.92. The molecule has 0 aromatic heterocycles. The maximum Gasteiger partial charge on any atom is 0.416 e. The Bertz CT molecular complexity index is 952. The molecule has 0 saturated carbocycles. The normalized spacial score (nSPS) is 13.1. The van der Waals surface area contributed by atoms with Gasteiger partial charge in [0.15, 0.2) is 0 Å². The fraction of sp³-hybridized carbons (Fsp3) is 0.182. The molecule has 0 bridgehead atoms. The van der Waals surface area contributed by atoms with Crippen LogP contribution in [0.1, 0.15) is 16.7 Å². The summed E-state index contributed by atoms with van der Waals surface area (Å²) in [5, 5.41) is 3.25. The smallest absolute Gasteiger partial charge is 0.416 e. The highest BCUT2D eigenvalue weighted by Gasteiger charge is 2.33. The van der Waals surface area contributed by atoms with Gasteiger partial charge in [0.1, 0.15) is 12.4 Å². The van der Waals surface area contributed by atoms with E-state index in [4.69, 9.17) is 4.74 Å². The lowest BCUT2D eigenvalue weighted by molar-refractivity contribution is -0.138. The zero-order chi connectivity index (χ0) is 18.9. The maximum atomic E-state index is 13.6. The van der Waals surface area contributed by atoms with Crippen LogP contribution in [-0.4, -0.2) is 6.54 Å². The van der Waals surface area contributed by atoms with Crippen LogP contribution in [-0.2, 0) is 19.2 Å². The number of anilines is 1. The van der Waals surface area contributed by atoms with E-state index in [1.807, 2.05) is 30.3 Å². The highest BCUT2D eigenvalue weighted by atomic mass is 19.4. The monoisotopic (exact) mass is 369 g/mol. The Labute approximate surface area is 155 Å². The van der Waals surface area contributed by atoms with Gasteiger partial charge in [-0.05, 0) is 47.4 Å². The van der Waals surface area contributed by atoms with Crippen LogP contribution in [0.3, 0.4) is 0 Å². The summed E-state index contributed by atoms with van der Waals surface area (Å²) in [5.41, 5.74) is 2.94. The molecular weight excluding hydrogens is 351 g/mol. The molecule has 1 aliphatic rings. The summed E-state index contributed by atoms with van der Waals surface area (Å²) < 4.78 is 46.4. The molecule has 4 rings (SSSR count). The van der Waals surface area contributed by atoms with Gasteiger partial charge in [0.2, 0.25) is 0 Å². The van der Waals surface area contributed by atoms with E-state index in [2.05, 4.69) is 5.32 Å². The Morgan fingerprint density at radius 2 is 1.70 bits per heavy atom. The molecule has 0 atom stereocenters. The van der Waals surface area contributed by atoms with Gasteiger partial charge in [0, 0.05) is 17.8 Å². The summed E-state index contributed by atoms with van der Waals surface area (Å²) >= 11 is 0. The molecule has 3 aromatic rings. The minimum absolute atomic E-state index is 0.126. The second-order valence-electron chi connectivity index (χ2n) is 6.52. The van der Waals surface area contributed by atoms with E-state index in [9.17, 15) is 13.2 Å². The Balaban J connectivity index is 1.60. The van der Waals surface area contributed by atoms with Gasteiger partial charge in [-0.25, -0.2) is 0 Å². The fourth-order valence-corrected chi connectivity index (χ4v) is 3.31. The van der Waals surface area contributed by atoms with Crippen molar-refractivity contribution in [2.45, 2.75) is 19.2 Å². The van der Waals surface area contributed by atoms with E-state index < -0.39 is 11.7 Å². The molecule has 0 saturated heterocycles. The Morgan fingerprint density at radius 3 is 2.48 bits per heavy atom. The van der Waals surface area contributed by atoms with Crippen LogP contribution in [0.5, 0.6) is 5.75 Å². The topological polar surface area (TPSA) is 21.3 Å². The van der Waals surface area contributed by atoms with Crippen molar-refractivity contribution in [3.8, 4) is 16.9 Å². The van der Waals surface area contributed by atoms with Crippen molar-refractivity contribution < 1.29 is 17.9 Å². The SMILES string of the molecule is FC(F)(F)c1cc(-c2ccccc2)ccc1COc1ccc2c(c1)CCN2. The third-order valence-electron chi connectivity index (χ3n) is 4.70. The van der Waals surface area contributed by atoms with Crippen LogP contribution in [0, 0.1) is 0 Å². The van der Waals surface area contributed by atoms with Gasteiger partial charge >= 0.3 is 6.18 Å². The second kappa shape index (κ2) is 6.99. The van der Waals surface area contributed by atoms with E-state index in [1.165, 1.54) is 12.1 Å². The average molecular weight is 369 g/mol. The van der Waals surface area contributed by atoms with Crippen molar-refractivity contribution in [1.29, 1.82) is 0 Å². The van der Waals surface area contributed by atoms with E-state index in [1.54, 1.807) is 24.3 Å². The third kappa shape index (κ3) is 3.77. The number of nitrogens with one attached hydrogen (secondary N) is 1. The van der Waals surface area contributed by atoms with Crippen LogP contribution < -0.4 is 10.1 Å². The van der Waals surface area contributed by atoms with Crippen molar-refractivity contribution in [3.63, 3.8) is 0 Å².